The van der Waals surface area contributed by atoms with Gasteiger partial charge in [-0.2, -0.15) is 0 Å². The maximum Gasteiger partial charge on any atom is 0.304 e. The number of hydrogen-bond acceptors (Lipinski definition) is 3. The number of carboxylic acid groups (broad SMARTS) is 1. The minimum absolute atomic E-state index is 0.0109. The van der Waals surface area contributed by atoms with Crippen LogP contribution in [0.4, 0.5) is 10.1 Å². The fraction of sp³-hybridized carbons (Fsp3) is 0.300. The molecule has 0 heterocycles. The molecule has 0 amide bonds. The van der Waals surface area contributed by atoms with Gasteiger partial charge in [0.05, 0.1) is 11.4 Å². The molecule has 88 valence electrons. The molecule has 0 aliphatic carbocycles. The highest BCUT2D eigenvalue weighted by molar-refractivity contribution is 6.31. The Balaban J connectivity index is 2.48. The van der Waals surface area contributed by atoms with Crippen LogP contribution in [-0.4, -0.2) is 23.7 Å². The summed E-state index contributed by atoms with van der Waals surface area (Å²) in [6.07, 6.45) is -0.123. The van der Waals surface area contributed by atoms with E-state index in [0.29, 0.717) is 5.69 Å². The van der Waals surface area contributed by atoms with Crippen molar-refractivity contribution < 1.29 is 14.3 Å². The second kappa shape index (κ2) is 5.67. The highest BCUT2D eigenvalue weighted by Crippen LogP contribution is 2.19. The Labute approximate surface area is 97.2 Å². The number of aliphatic carboxylic acids is 1. The van der Waals surface area contributed by atoms with E-state index >= 15 is 0 Å². The van der Waals surface area contributed by atoms with Gasteiger partial charge in [0.25, 0.3) is 0 Å². The largest absolute Gasteiger partial charge is 0.481 e. The zero-order valence-electron chi connectivity index (χ0n) is 8.41. The zero-order chi connectivity index (χ0) is 12.1. The van der Waals surface area contributed by atoms with E-state index in [1.54, 1.807) is 0 Å². The van der Waals surface area contributed by atoms with Crippen LogP contribution in [0.5, 0.6) is 0 Å². The molecule has 0 aliphatic rings. The van der Waals surface area contributed by atoms with Gasteiger partial charge in [-0.15, -0.1) is 0 Å². The van der Waals surface area contributed by atoms with E-state index in [1.807, 2.05) is 0 Å². The summed E-state index contributed by atoms with van der Waals surface area (Å²) >= 11 is 5.57. The van der Waals surface area contributed by atoms with E-state index in [4.69, 9.17) is 22.4 Å². The van der Waals surface area contributed by atoms with Crippen LogP contribution >= 0.6 is 11.6 Å². The Morgan fingerprint density at radius 3 is 2.88 bits per heavy atom. The van der Waals surface area contributed by atoms with Gasteiger partial charge in [0, 0.05) is 18.3 Å². The highest BCUT2D eigenvalue weighted by atomic mass is 35.5. The second-order valence-electron chi connectivity index (χ2n) is 3.37. The maximum absolute atomic E-state index is 12.8. The number of hydrogen-bond donors (Lipinski definition) is 3. The van der Waals surface area contributed by atoms with E-state index in [2.05, 4.69) is 5.32 Å². The lowest BCUT2D eigenvalue weighted by Gasteiger charge is -2.11. The van der Waals surface area contributed by atoms with Crippen LogP contribution < -0.4 is 11.1 Å². The fourth-order valence-corrected chi connectivity index (χ4v) is 1.33. The van der Waals surface area contributed by atoms with Crippen molar-refractivity contribution in [3.63, 3.8) is 0 Å². The Kier molecular flexibility index (Phi) is 4.52. The normalized spacial score (nSPS) is 12.2. The number of anilines is 1. The molecule has 0 spiro atoms. The van der Waals surface area contributed by atoms with Crippen molar-refractivity contribution in [1.29, 1.82) is 0 Å². The van der Waals surface area contributed by atoms with Crippen molar-refractivity contribution in [3.05, 3.63) is 29.0 Å². The van der Waals surface area contributed by atoms with Crippen molar-refractivity contribution in [1.82, 2.24) is 0 Å². The number of nitrogens with two attached hydrogens (primary N) is 1. The second-order valence-corrected chi connectivity index (χ2v) is 3.77. The van der Waals surface area contributed by atoms with Gasteiger partial charge in [0.1, 0.15) is 5.82 Å². The van der Waals surface area contributed by atoms with Crippen molar-refractivity contribution in [3.8, 4) is 0 Å². The van der Waals surface area contributed by atoms with Gasteiger partial charge in [-0.05, 0) is 18.2 Å². The maximum atomic E-state index is 12.8. The van der Waals surface area contributed by atoms with Gasteiger partial charge < -0.3 is 16.2 Å². The molecule has 1 rings (SSSR count). The number of rotatable bonds is 5. The summed E-state index contributed by atoms with van der Waals surface area (Å²) in [4.78, 5) is 10.3. The number of halogens is 2. The molecule has 1 aromatic carbocycles. The Hall–Kier alpha value is -1.33. The van der Waals surface area contributed by atoms with Crippen LogP contribution in [-0.2, 0) is 4.79 Å². The topological polar surface area (TPSA) is 75.3 Å². The van der Waals surface area contributed by atoms with Crippen molar-refractivity contribution >= 4 is 23.3 Å². The number of carboxylic acids is 1. The summed E-state index contributed by atoms with van der Waals surface area (Å²) in [7, 11) is 0. The molecule has 1 aromatic rings. The summed E-state index contributed by atoms with van der Waals surface area (Å²) < 4.78 is 12.8. The molecule has 0 aliphatic heterocycles. The Bertz CT molecular complexity index is 387. The summed E-state index contributed by atoms with van der Waals surface area (Å²) in [5.74, 6) is -1.45. The quantitative estimate of drug-likeness (QED) is 0.739. The molecule has 1 unspecified atom stereocenters. The molecular formula is C10H12ClFN2O2. The molecule has 0 bridgehead atoms. The SMILES string of the molecule is NC(CNc1ccc(F)c(Cl)c1)CC(=O)O. The van der Waals surface area contributed by atoms with Gasteiger partial charge in [-0.3, -0.25) is 4.79 Å². The van der Waals surface area contributed by atoms with Gasteiger partial charge in [0.15, 0.2) is 0 Å². The monoisotopic (exact) mass is 246 g/mol. The van der Waals surface area contributed by atoms with E-state index in [1.165, 1.54) is 18.2 Å². The van der Waals surface area contributed by atoms with Crippen LogP contribution in [0.25, 0.3) is 0 Å². The molecule has 6 heteroatoms. The lowest BCUT2D eigenvalue weighted by molar-refractivity contribution is -0.137. The lowest BCUT2D eigenvalue weighted by atomic mass is 10.2. The van der Waals surface area contributed by atoms with E-state index in [-0.39, 0.29) is 18.0 Å². The zero-order valence-corrected chi connectivity index (χ0v) is 9.17. The summed E-state index contributed by atoms with van der Waals surface area (Å²) in [6, 6.07) is 3.66. The first-order chi connectivity index (χ1) is 7.49. The molecule has 0 fully saturated rings. The molecule has 0 saturated carbocycles. The van der Waals surface area contributed by atoms with Crippen molar-refractivity contribution in [2.45, 2.75) is 12.5 Å². The first-order valence-electron chi connectivity index (χ1n) is 4.65. The first-order valence-corrected chi connectivity index (χ1v) is 5.03. The van der Waals surface area contributed by atoms with Gasteiger partial charge >= 0.3 is 5.97 Å². The van der Waals surface area contributed by atoms with Gasteiger partial charge in [-0.25, -0.2) is 4.39 Å². The third kappa shape index (κ3) is 4.04. The van der Waals surface area contributed by atoms with E-state index < -0.39 is 17.8 Å². The van der Waals surface area contributed by atoms with Crippen molar-refractivity contribution in [2.75, 3.05) is 11.9 Å². The molecule has 4 nitrogen and oxygen atoms in total. The number of benzene rings is 1. The average molecular weight is 247 g/mol. The molecule has 0 radical (unpaired) electrons. The molecule has 1 atom stereocenters. The van der Waals surface area contributed by atoms with Crippen LogP contribution in [0.2, 0.25) is 5.02 Å². The third-order valence-corrected chi connectivity index (χ3v) is 2.21. The minimum atomic E-state index is -0.952. The van der Waals surface area contributed by atoms with Gasteiger partial charge in [0.2, 0.25) is 0 Å². The Morgan fingerprint density at radius 1 is 1.62 bits per heavy atom. The first kappa shape index (κ1) is 12.7. The minimum Gasteiger partial charge on any atom is -0.481 e. The molecule has 4 N–H and O–H groups in total. The standard InChI is InChI=1S/C10H12ClFN2O2/c11-8-4-7(1-2-9(8)12)14-5-6(13)3-10(15)16/h1-2,4,6,14H,3,5,13H2,(H,15,16). The summed E-state index contributed by atoms with van der Waals surface area (Å²) in [5.41, 5.74) is 6.14. The molecule has 0 saturated heterocycles. The van der Waals surface area contributed by atoms with Crippen molar-refractivity contribution in [2.24, 2.45) is 5.73 Å². The van der Waals surface area contributed by atoms with Crippen LogP contribution in [0.1, 0.15) is 6.42 Å². The smallest absolute Gasteiger partial charge is 0.304 e. The predicted octanol–water partition coefficient (Wildman–Crippen LogP) is 1.69. The third-order valence-electron chi connectivity index (χ3n) is 1.92. The number of carbonyl (C=O) groups is 1. The lowest BCUT2D eigenvalue weighted by Crippen LogP contribution is -2.31. The summed E-state index contributed by atoms with van der Waals surface area (Å²) in [6.45, 7) is 0.286. The van der Waals surface area contributed by atoms with Crippen LogP contribution in [0, 0.1) is 5.82 Å². The average Bonchev–Trinajstić information content (AvgIpc) is 2.19. The van der Waals surface area contributed by atoms with E-state index in [0.717, 1.165) is 0 Å². The van der Waals surface area contributed by atoms with Gasteiger partial charge in [-0.1, -0.05) is 11.6 Å². The van der Waals surface area contributed by atoms with Crippen LogP contribution in [0.15, 0.2) is 18.2 Å². The fourth-order valence-electron chi connectivity index (χ4n) is 1.15. The molecule has 16 heavy (non-hydrogen) atoms. The molecule has 0 aromatic heterocycles. The van der Waals surface area contributed by atoms with Crippen LogP contribution in [0.3, 0.4) is 0 Å². The van der Waals surface area contributed by atoms with E-state index in [9.17, 15) is 9.18 Å². The highest BCUT2D eigenvalue weighted by Gasteiger charge is 2.08. The summed E-state index contributed by atoms with van der Waals surface area (Å²) in [5, 5.41) is 11.4. The Morgan fingerprint density at radius 2 is 2.31 bits per heavy atom. The number of nitrogens with one attached hydrogen (secondary N) is 1. The molecular weight excluding hydrogens is 235 g/mol. The predicted molar refractivity (Wildman–Crippen MR) is 60.1 cm³/mol.